The molecule has 1 aliphatic heterocycles. The number of H-pyrrole nitrogens is 1. The molecule has 1 aromatic heterocycles. The number of carbonyl (C=O) groups is 2. The van der Waals surface area contributed by atoms with Gasteiger partial charge in [0.2, 0.25) is 11.8 Å². The maximum Gasteiger partial charge on any atom is 0.247 e. The van der Waals surface area contributed by atoms with E-state index in [4.69, 9.17) is 4.98 Å². The number of hydrogen-bond acceptors (Lipinski definition) is 3. The maximum absolute atomic E-state index is 13.0. The lowest BCUT2D eigenvalue weighted by molar-refractivity contribution is -0.141. The van der Waals surface area contributed by atoms with E-state index in [1.807, 2.05) is 23.1 Å². The van der Waals surface area contributed by atoms with Crippen molar-refractivity contribution in [3.05, 3.63) is 24.0 Å². The molecule has 154 valence electrons. The average molecular weight is 395 g/mol. The quantitative estimate of drug-likeness (QED) is 0.810. The van der Waals surface area contributed by atoms with E-state index < -0.39 is 0 Å². The van der Waals surface area contributed by atoms with Crippen molar-refractivity contribution in [1.82, 2.24) is 14.9 Å². The Morgan fingerprint density at radius 3 is 2.59 bits per heavy atom. The van der Waals surface area contributed by atoms with Gasteiger partial charge in [-0.05, 0) is 56.7 Å². The predicted molar refractivity (Wildman–Crippen MR) is 113 cm³/mol. The number of carbonyl (C=O) groups excluding carboxylic acids is 2. The van der Waals surface area contributed by atoms with Crippen molar-refractivity contribution in [1.29, 1.82) is 0 Å². The van der Waals surface area contributed by atoms with E-state index in [0.29, 0.717) is 12.5 Å². The van der Waals surface area contributed by atoms with Crippen LogP contribution in [-0.2, 0) is 9.59 Å². The van der Waals surface area contributed by atoms with Crippen LogP contribution >= 0.6 is 0 Å². The van der Waals surface area contributed by atoms with Crippen molar-refractivity contribution < 1.29 is 9.59 Å². The minimum atomic E-state index is -0.340. The third kappa shape index (κ3) is 3.65. The standard InChI is InChI=1S/C23H30N4O2/c28-22(20-10-5-13-27(20)23(29)16-6-2-1-3-7-16)24-17-11-12-18-19(14-17)26-21(25-18)15-8-4-9-15/h11-12,14-16,20H,1-10,13H2,(H,24,28)(H,25,26). The minimum absolute atomic E-state index is 0.0651. The molecule has 0 spiro atoms. The van der Waals surface area contributed by atoms with Gasteiger partial charge in [0, 0.05) is 24.1 Å². The molecule has 2 saturated carbocycles. The van der Waals surface area contributed by atoms with E-state index in [0.717, 1.165) is 61.1 Å². The predicted octanol–water partition coefficient (Wildman–Crippen LogP) is 4.34. The first-order chi connectivity index (χ1) is 14.2. The van der Waals surface area contributed by atoms with Crippen LogP contribution in [0.2, 0.25) is 0 Å². The zero-order chi connectivity index (χ0) is 19.8. The number of benzene rings is 1. The fraction of sp³-hybridized carbons (Fsp3) is 0.609. The summed E-state index contributed by atoms with van der Waals surface area (Å²) in [5.41, 5.74) is 2.68. The Morgan fingerprint density at radius 1 is 1.00 bits per heavy atom. The molecule has 6 nitrogen and oxygen atoms in total. The highest BCUT2D eigenvalue weighted by atomic mass is 16.2. The van der Waals surface area contributed by atoms with Gasteiger partial charge in [-0.2, -0.15) is 0 Å². The van der Waals surface area contributed by atoms with Gasteiger partial charge < -0.3 is 15.2 Å². The molecule has 0 bridgehead atoms. The summed E-state index contributed by atoms with van der Waals surface area (Å²) >= 11 is 0. The van der Waals surface area contributed by atoms with Gasteiger partial charge in [-0.1, -0.05) is 25.7 Å². The summed E-state index contributed by atoms with van der Waals surface area (Å²) in [5, 5.41) is 3.05. The summed E-state index contributed by atoms with van der Waals surface area (Å²) in [7, 11) is 0. The zero-order valence-electron chi connectivity index (χ0n) is 17.0. The summed E-state index contributed by atoms with van der Waals surface area (Å²) in [6, 6.07) is 5.49. The Balaban J connectivity index is 1.28. The van der Waals surface area contributed by atoms with E-state index in [1.54, 1.807) is 0 Å². The molecule has 1 atom stereocenters. The first-order valence-electron chi connectivity index (χ1n) is 11.3. The highest BCUT2D eigenvalue weighted by Gasteiger charge is 2.37. The van der Waals surface area contributed by atoms with Crippen LogP contribution in [-0.4, -0.2) is 39.3 Å². The number of imidazole rings is 1. The van der Waals surface area contributed by atoms with Crippen molar-refractivity contribution in [2.45, 2.75) is 76.2 Å². The fourth-order valence-corrected chi connectivity index (χ4v) is 5.09. The van der Waals surface area contributed by atoms with Gasteiger partial charge in [-0.3, -0.25) is 9.59 Å². The Morgan fingerprint density at radius 2 is 1.83 bits per heavy atom. The van der Waals surface area contributed by atoms with Gasteiger partial charge in [0.05, 0.1) is 11.0 Å². The first kappa shape index (κ1) is 18.6. The highest BCUT2D eigenvalue weighted by molar-refractivity contribution is 5.99. The molecular formula is C23H30N4O2. The largest absolute Gasteiger partial charge is 0.342 e. The van der Waals surface area contributed by atoms with Crippen molar-refractivity contribution in [3.8, 4) is 0 Å². The molecule has 3 fully saturated rings. The van der Waals surface area contributed by atoms with Crippen molar-refractivity contribution in [3.63, 3.8) is 0 Å². The molecule has 3 aliphatic rings. The molecule has 0 radical (unpaired) electrons. The molecule has 1 saturated heterocycles. The highest BCUT2D eigenvalue weighted by Crippen LogP contribution is 2.36. The molecule has 1 aromatic carbocycles. The van der Waals surface area contributed by atoms with Crippen LogP contribution in [0, 0.1) is 5.92 Å². The van der Waals surface area contributed by atoms with Gasteiger partial charge >= 0.3 is 0 Å². The number of aromatic nitrogens is 2. The number of fused-ring (bicyclic) bond motifs is 1. The van der Waals surface area contributed by atoms with Crippen LogP contribution in [0.3, 0.4) is 0 Å². The number of aromatic amines is 1. The lowest BCUT2D eigenvalue weighted by Crippen LogP contribution is -2.46. The summed E-state index contributed by atoms with van der Waals surface area (Å²) < 4.78 is 0. The average Bonchev–Trinajstić information content (AvgIpc) is 3.33. The third-order valence-corrected chi connectivity index (χ3v) is 7.05. The third-order valence-electron chi connectivity index (χ3n) is 7.05. The van der Waals surface area contributed by atoms with E-state index >= 15 is 0 Å². The van der Waals surface area contributed by atoms with Crippen molar-refractivity contribution in [2.75, 3.05) is 11.9 Å². The number of amides is 2. The van der Waals surface area contributed by atoms with Crippen LogP contribution in [0.4, 0.5) is 5.69 Å². The summed E-state index contributed by atoms with van der Waals surface area (Å²) in [5.74, 6) is 1.86. The van der Waals surface area contributed by atoms with Crippen LogP contribution < -0.4 is 5.32 Å². The van der Waals surface area contributed by atoms with Gasteiger partial charge in [0.1, 0.15) is 11.9 Å². The van der Waals surface area contributed by atoms with Crippen LogP contribution in [0.15, 0.2) is 18.2 Å². The Labute approximate surface area is 171 Å². The SMILES string of the molecule is O=C(Nc1ccc2nc(C3CCC3)[nH]c2c1)C1CCCN1C(=O)C1CCCCC1. The van der Waals surface area contributed by atoms with Gasteiger partial charge in [-0.25, -0.2) is 4.98 Å². The second-order valence-electron chi connectivity index (χ2n) is 9.00. The number of nitrogens with one attached hydrogen (secondary N) is 2. The molecule has 2 aromatic rings. The van der Waals surface area contributed by atoms with E-state index in [1.165, 1.54) is 25.7 Å². The smallest absolute Gasteiger partial charge is 0.247 e. The minimum Gasteiger partial charge on any atom is -0.342 e. The number of anilines is 1. The lowest BCUT2D eigenvalue weighted by Gasteiger charge is -2.30. The molecule has 29 heavy (non-hydrogen) atoms. The van der Waals surface area contributed by atoms with E-state index in [2.05, 4.69) is 10.3 Å². The molecular weight excluding hydrogens is 364 g/mol. The number of rotatable bonds is 4. The van der Waals surface area contributed by atoms with Crippen LogP contribution in [0.1, 0.15) is 76.0 Å². The Kier molecular flexibility index (Phi) is 5.02. The molecule has 5 rings (SSSR count). The van der Waals surface area contributed by atoms with Crippen molar-refractivity contribution >= 4 is 28.5 Å². The van der Waals surface area contributed by atoms with Crippen molar-refractivity contribution in [2.24, 2.45) is 5.92 Å². The van der Waals surface area contributed by atoms with E-state index in [9.17, 15) is 9.59 Å². The summed E-state index contributed by atoms with van der Waals surface area (Å²) in [6.45, 7) is 0.706. The lowest BCUT2D eigenvalue weighted by atomic mass is 9.85. The van der Waals surface area contributed by atoms with Gasteiger partial charge in [-0.15, -0.1) is 0 Å². The molecule has 2 N–H and O–H groups in total. The topological polar surface area (TPSA) is 78.1 Å². The second-order valence-corrected chi connectivity index (χ2v) is 9.00. The van der Waals surface area contributed by atoms with Crippen LogP contribution in [0.5, 0.6) is 0 Å². The van der Waals surface area contributed by atoms with Crippen LogP contribution in [0.25, 0.3) is 11.0 Å². The number of likely N-dealkylation sites (tertiary alicyclic amines) is 1. The summed E-state index contributed by atoms with van der Waals surface area (Å²) in [6.07, 6.45) is 10.8. The Bertz CT molecular complexity index is 911. The number of hydrogen-bond donors (Lipinski definition) is 2. The molecule has 2 aliphatic carbocycles. The fourth-order valence-electron chi connectivity index (χ4n) is 5.09. The summed E-state index contributed by atoms with van der Waals surface area (Å²) in [4.78, 5) is 35.9. The molecule has 2 heterocycles. The number of nitrogens with zero attached hydrogens (tertiary/aromatic N) is 2. The second kappa shape index (κ2) is 7.81. The maximum atomic E-state index is 13.0. The zero-order valence-corrected chi connectivity index (χ0v) is 17.0. The molecule has 6 heteroatoms. The Hall–Kier alpha value is -2.37. The monoisotopic (exact) mass is 394 g/mol. The molecule has 2 amide bonds. The van der Waals surface area contributed by atoms with Gasteiger partial charge in [0.25, 0.3) is 0 Å². The molecule has 1 unspecified atom stereocenters. The van der Waals surface area contributed by atoms with Gasteiger partial charge in [0.15, 0.2) is 0 Å². The van der Waals surface area contributed by atoms with E-state index in [-0.39, 0.29) is 23.8 Å². The normalized spacial score (nSPS) is 23.3. The first-order valence-corrected chi connectivity index (χ1v) is 11.3.